The Morgan fingerprint density at radius 2 is 2.09 bits per heavy atom. The van der Waals surface area contributed by atoms with Crippen LogP contribution in [0.3, 0.4) is 0 Å². The number of aliphatic imine (C=N–C) groups is 1. The molecule has 1 aromatic carbocycles. The zero-order chi connectivity index (χ0) is 15.5. The van der Waals surface area contributed by atoms with E-state index in [9.17, 15) is 9.59 Å². The Labute approximate surface area is 127 Å². The molecule has 0 radical (unpaired) electrons. The van der Waals surface area contributed by atoms with Crippen LogP contribution in [0, 0.1) is 0 Å². The molecule has 1 aliphatic rings. The summed E-state index contributed by atoms with van der Waals surface area (Å²) in [6, 6.07) is 8.43. The molecule has 0 bridgehead atoms. The number of hydrazine groups is 1. The number of para-hydroxylation sites is 1. The van der Waals surface area contributed by atoms with E-state index in [2.05, 4.69) is 20.4 Å². The van der Waals surface area contributed by atoms with Crippen molar-refractivity contribution in [2.45, 2.75) is 19.4 Å². The second kappa shape index (κ2) is 5.80. The molecule has 2 heterocycles. The summed E-state index contributed by atoms with van der Waals surface area (Å²) in [7, 11) is 0. The van der Waals surface area contributed by atoms with Gasteiger partial charge in [0.05, 0.1) is 12.0 Å². The van der Waals surface area contributed by atoms with Gasteiger partial charge in [-0.1, -0.05) is 18.2 Å². The molecule has 1 aliphatic heterocycles. The molecule has 1 atom stereocenters. The highest BCUT2D eigenvalue weighted by molar-refractivity contribution is 6.39. The van der Waals surface area contributed by atoms with Crippen molar-refractivity contribution in [2.75, 3.05) is 5.01 Å². The number of hydrogen-bond donors (Lipinski definition) is 2. The fourth-order valence-corrected chi connectivity index (χ4v) is 2.23. The Balaban J connectivity index is 1.92. The van der Waals surface area contributed by atoms with Gasteiger partial charge < -0.3 is 4.98 Å². The highest BCUT2D eigenvalue weighted by Crippen LogP contribution is 2.18. The number of aromatic amines is 1. The lowest BCUT2D eigenvalue weighted by molar-refractivity contribution is -0.120. The number of nitrogens with one attached hydrogen (secondary N) is 2. The predicted molar refractivity (Wildman–Crippen MR) is 81.3 cm³/mol. The molecule has 2 aromatic rings. The highest BCUT2D eigenvalue weighted by atomic mass is 16.2. The maximum absolute atomic E-state index is 12.6. The number of rotatable bonds is 4. The number of nitrogens with zero attached hydrogens (tertiary/aromatic N) is 3. The first-order chi connectivity index (χ1) is 10.6. The maximum Gasteiger partial charge on any atom is 0.270 e. The van der Waals surface area contributed by atoms with Gasteiger partial charge in [0.1, 0.15) is 6.04 Å². The van der Waals surface area contributed by atoms with E-state index in [1.165, 1.54) is 11.9 Å². The number of anilines is 1. The largest absolute Gasteiger partial charge is 0.348 e. The average Bonchev–Trinajstić information content (AvgIpc) is 3.03. The van der Waals surface area contributed by atoms with Gasteiger partial charge in [0, 0.05) is 25.2 Å². The molecule has 7 nitrogen and oxygen atoms in total. The van der Waals surface area contributed by atoms with Crippen molar-refractivity contribution < 1.29 is 9.59 Å². The Kier molecular flexibility index (Phi) is 3.69. The van der Waals surface area contributed by atoms with Crippen molar-refractivity contribution in [1.29, 1.82) is 0 Å². The lowest BCUT2D eigenvalue weighted by Gasteiger charge is -2.31. The van der Waals surface area contributed by atoms with E-state index in [1.54, 1.807) is 24.7 Å². The number of carbonyl (C=O) groups excluding carboxylic acids is 2. The van der Waals surface area contributed by atoms with Crippen molar-refractivity contribution in [1.82, 2.24) is 15.4 Å². The first kappa shape index (κ1) is 14.0. The number of carbonyl (C=O) groups is 2. The van der Waals surface area contributed by atoms with Crippen molar-refractivity contribution in [3.05, 3.63) is 48.5 Å². The third-order valence-electron chi connectivity index (χ3n) is 3.32. The number of Topliss-reactive ketones (excluding diaryl/α,β-unsaturated/α-hetero) is 1. The van der Waals surface area contributed by atoms with Gasteiger partial charge in [-0.2, -0.15) is 0 Å². The van der Waals surface area contributed by atoms with Crippen LogP contribution in [0.2, 0.25) is 0 Å². The van der Waals surface area contributed by atoms with Crippen LogP contribution in [-0.4, -0.2) is 33.5 Å². The summed E-state index contributed by atoms with van der Waals surface area (Å²) in [6.07, 6.45) is 3.55. The van der Waals surface area contributed by atoms with Crippen LogP contribution in [0.1, 0.15) is 12.6 Å². The molecule has 0 aliphatic carbocycles. The molecule has 0 spiro atoms. The minimum Gasteiger partial charge on any atom is -0.348 e. The topological polar surface area (TPSA) is 90.5 Å². The van der Waals surface area contributed by atoms with Crippen molar-refractivity contribution in [3.63, 3.8) is 0 Å². The number of amidine groups is 1. The number of benzene rings is 1. The van der Waals surface area contributed by atoms with Gasteiger partial charge in [-0.05, 0) is 12.1 Å². The number of imidazole rings is 1. The van der Waals surface area contributed by atoms with Gasteiger partial charge in [0.25, 0.3) is 5.91 Å². The van der Waals surface area contributed by atoms with Gasteiger partial charge in [-0.15, -0.1) is 0 Å². The molecule has 112 valence electrons. The minimum absolute atomic E-state index is 0.174. The molecule has 1 aromatic heterocycles. The Bertz CT molecular complexity index is 709. The lowest BCUT2D eigenvalue weighted by Crippen LogP contribution is -2.56. The van der Waals surface area contributed by atoms with Gasteiger partial charge in [0.15, 0.2) is 11.6 Å². The molecule has 2 N–H and O–H groups in total. The first-order valence-electron chi connectivity index (χ1n) is 6.87. The van der Waals surface area contributed by atoms with Crippen LogP contribution < -0.4 is 10.4 Å². The summed E-state index contributed by atoms with van der Waals surface area (Å²) in [6.45, 7) is 1.41. The standard InChI is InChI=1S/C15H15N5O2/c1-10(21)14-18-13(7-11-8-16-9-17-11)15(22)20(19-14)12-5-3-2-4-6-12/h2-6,8-9,13H,7H2,1H3,(H,16,17)(H,18,19). The van der Waals surface area contributed by atoms with Crippen LogP contribution in [0.15, 0.2) is 47.8 Å². The summed E-state index contributed by atoms with van der Waals surface area (Å²) in [5.74, 6) is -0.262. The Morgan fingerprint density at radius 3 is 2.73 bits per heavy atom. The Morgan fingerprint density at radius 1 is 1.32 bits per heavy atom. The summed E-state index contributed by atoms with van der Waals surface area (Å²) < 4.78 is 0. The lowest BCUT2D eigenvalue weighted by atomic mass is 10.1. The summed E-state index contributed by atoms with van der Waals surface area (Å²) in [4.78, 5) is 35.4. The molecule has 3 rings (SSSR count). The third-order valence-corrected chi connectivity index (χ3v) is 3.32. The number of aromatic nitrogens is 2. The van der Waals surface area contributed by atoms with Gasteiger partial charge in [0.2, 0.25) is 0 Å². The van der Waals surface area contributed by atoms with E-state index in [1.807, 2.05) is 18.2 Å². The van der Waals surface area contributed by atoms with Crippen LogP contribution in [0.5, 0.6) is 0 Å². The normalized spacial score (nSPS) is 17.9. The van der Waals surface area contributed by atoms with Crippen molar-refractivity contribution >= 4 is 23.2 Å². The van der Waals surface area contributed by atoms with E-state index in [0.717, 1.165) is 5.69 Å². The minimum atomic E-state index is -0.666. The van der Waals surface area contributed by atoms with Crippen LogP contribution in [0.4, 0.5) is 5.69 Å². The molecule has 22 heavy (non-hydrogen) atoms. The quantitative estimate of drug-likeness (QED) is 0.875. The molecular weight excluding hydrogens is 282 g/mol. The molecular formula is C15H15N5O2. The highest BCUT2D eigenvalue weighted by Gasteiger charge is 2.32. The smallest absolute Gasteiger partial charge is 0.270 e. The summed E-state index contributed by atoms with van der Waals surface area (Å²) in [5, 5.41) is 1.37. The van der Waals surface area contributed by atoms with Crippen LogP contribution in [-0.2, 0) is 16.0 Å². The van der Waals surface area contributed by atoms with Gasteiger partial charge >= 0.3 is 0 Å². The predicted octanol–water partition coefficient (Wildman–Crippen LogP) is 0.860. The average molecular weight is 297 g/mol. The number of H-pyrrole nitrogens is 1. The van der Waals surface area contributed by atoms with E-state index in [4.69, 9.17) is 0 Å². The van der Waals surface area contributed by atoms with Crippen LogP contribution in [0.25, 0.3) is 0 Å². The van der Waals surface area contributed by atoms with Crippen molar-refractivity contribution in [3.8, 4) is 0 Å². The van der Waals surface area contributed by atoms with Gasteiger partial charge in [-0.3, -0.25) is 20.0 Å². The molecule has 0 fully saturated rings. The SMILES string of the molecule is CC(=O)C1=NC(Cc2cnc[nH]2)C(=O)N(c2ccccc2)N1. The Hall–Kier alpha value is -2.96. The summed E-state index contributed by atoms with van der Waals surface area (Å²) in [5.41, 5.74) is 4.24. The van der Waals surface area contributed by atoms with E-state index in [0.29, 0.717) is 12.1 Å². The number of hydrogen-bond acceptors (Lipinski definition) is 5. The van der Waals surface area contributed by atoms with Crippen LogP contribution >= 0.6 is 0 Å². The van der Waals surface area contributed by atoms with E-state index < -0.39 is 6.04 Å². The third kappa shape index (κ3) is 2.73. The molecule has 1 amide bonds. The molecule has 0 saturated carbocycles. The fraction of sp³-hybridized carbons (Fsp3) is 0.200. The fourth-order valence-electron chi connectivity index (χ4n) is 2.23. The first-order valence-corrected chi connectivity index (χ1v) is 6.87. The zero-order valence-electron chi connectivity index (χ0n) is 12.0. The molecule has 0 saturated heterocycles. The van der Waals surface area contributed by atoms with E-state index >= 15 is 0 Å². The number of ketones is 1. The second-order valence-corrected chi connectivity index (χ2v) is 4.95. The van der Waals surface area contributed by atoms with Gasteiger partial charge in [-0.25, -0.2) is 9.99 Å². The summed E-state index contributed by atoms with van der Waals surface area (Å²) >= 11 is 0. The molecule has 7 heteroatoms. The number of amides is 1. The maximum atomic E-state index is 12.6. The monoisotopic (exact) mass is 297 g/mol. The zero-order valence-corrected chi connectivity index (χ0v) is 12.0. The van der Waals surface area contributed by atoms with E-state index in [-0.39, 0.29) is 17.5 Å². The van der Waals surface area contributed by atoms with Crippen molar-refractivity contribution in [2.24, 2.45) is 4.99 Å². The second-order valence-electron chi connectivity index (χ2n) is 4.95. The molecule has 1 unspecified atom stereocenters.